The number of nitrogens with two attached hydrogens (primary N) is 1. The Morgan fingerprint density at radius 1 is 1.46 bits per heavy atom. The molecule has 2 rings (SSSR count). The minimum absolute atomic E-state index is 0.244. The van der Waals surface area contributed by atoms with Gasteiger partial charge in [0.1, 0.15) is 0 Å². The molecule has 0 unspecified atom stereocenters. The largest absolute Gasteiger partial charge is 0.324 e. The summed E-state index contributed by atoms with van der Waals surface area (Å²) in [5.74, 6) is 0. The summed E-state index contributed by atoms with van der Waals surface area (Å²) in [6, 6.07) is 4.56. The monoisotopic (exact) mass is 351 g/mol. The van der Waals surface area contributed by atoms with Gasteiger partial charge < -0.3 is 5.73 Å². The van der Waals surface area contributed by atoms with E-state index in [9.17, 15) is 0 Å². The quantitative estimate of drug-likeness (QED) is 0.712. The van der Waals surface area contributed by atoms with E-state index in [1.54, 1.807) is 0 Å². The molecule has 1 nitrogen and oxygen atoms in total. The highest BCUT2D eigenvalue weighted by molar-refractivity contribution is 14.1. The van der Waals surface area contributed by atoms with Crippen molar-refractivity contribution in [1.82, 2.24) is 0 Å². The molecule has 0 aliphatic heterocycles. The van der Waals surface area contributed by atoms with Crippen molar-refractivity contribution in [1.29, 1.82) is 0 Å². The van der Waals surface area contributed by atoms with Gasteiger partial charge in [0.25, 0.3) is 0 Å². The van der Waals surface area contributed by atoms with Crippen LogP contribution in [-0.2, 0) is 6.42 Å². The fraction of sp³-hybridized carbons (Fsp3) is 0.400. The molecule has 0 aromatic heterocycles. The van der Waals surface area contributed by atoms with Crippen molar-refractivity contribution in [3.8, 4) is 0 Å². The summed E-state index contributed by atoms with van der Waals surface area (Å²) in [6.45, 7) is 0. The van der Waals surface area contributed by atoms with Gasteiger partial charge in [-0.3, -0.25) is 0 Å². The van der Waals surface area contributed by atoms with Crippen molar-refractivity contribution in [2.45, 2.75) is 25.3 Å². The molecule has 70 valence electrons. The van der Waals surface area contributed by atoms with Crippen molar-refractivity contribution in [2.24, 2.45) is 5.73 Å². The normalized spacial score (nSPS) is 21.3. The van der Waals surface area contributed by atoms with Gasteiger partial charge in [-0.1, -0.05) is 6.07 Å². The first-order chi connectivity index (χ1) is 6.20. The van der Waals surface area contributed by atoms with Gasteiger partial charge in [-0.05, 0) is 75.0 Å². The van der Waals surface area contributed by atoms with E-state index in [4.69, 9.17) is 5.73 Å². The molecule has 0 amide bonds. The second-order valence-corrected chi connectivity index (χ2v) is 5.37. The van der Waals surface area contributed by atoms with Crippen molar-refractivity contribution in [3.05, 3.63) is 31.3 Å². The Morgan fingerprint density at radius 3 is 3.00 bits per heavy atom. The summed E-state index contributed by atoms with van der Waals surface area (Å²) in [4.78, 5) is 0. The van der Waals surface area contributed by atoms with Crippen LogP contribution in [0.2, 0.25) is 0 Å². The molecule has 1 atom stereocenters. The van der Waals surface area contributed by atoms with Gasteiger partial charge in [0, 0.05) is 14.1 Å². The SMILES string of the molecule is N[C@H]1CCCc2ccc(Br)c(I)c21. The summed E-state index contributed by atoms with van der Waals surface area (Å²) >= 11 is 5.91. The first-order valence-electron chi connectivity index (χ1n) is 4.42. The Balaban J connectivity index is 2.58. The molecule has 0 spiro atoms. The maximum atomic E-state index is 6.09. The lowest BCUT2D eigenvalue weighted by Gasteiger charge is -2.24. The van der Waals surface area contributed by atoms with Crippen LogP contribution in [0.5, 0.6) is 0 Å². The molecule has 0 saturated heterocycles. The molecule has 0 heterocycles. The number of hydrogen-bond acceptors (Lipinski definition) is 1. The summed E-state index contributed by atoms with van der Waals surface area (Å²) in [5.41, 5.74) is 8.89. The summed E-state index contributed by atoms with van der Waals surface area (Å²) in [7, 11) is 0. The lowest BCUT2D eigenvalue weighted by molar-refractivity contribution is 0.567. The molecule has 13 heavy (non-hydrogen) atoms. The van der Waals surface area contributed by atoms with Gasteiger partial charge in [0.2, 0.25) is 0 Å². The molecular weight excluding hydrogens is 341 g/mol. The highest BCUT2D eigenvalue weighted by Gasteiger charge is 2.20. The Labute approximate surface area is 100 Å². The van der Waals surface area contributed by atoms with E-state index in [-0.39, 0.29) is 6.04 Å². The number of rotatable bonds is 0. The minimum Gasteiger partial charge on any atom is -0.324 e. The molecule has 0 saturated carbocycles. The van der Waals surface area contributed by atoms with Crippen molar-refractivity contribution < 1.29 is 0 Å². The zero-order valence-corrected chi connectivity index (χ0v) is 10.9. The van der Waals surface area contributed by atoms with Gasteiger partial charge >= 0.3 is 0 Å². The van der Waals surface area contributed by atoms with E-state index in [0.717, 1.165) is 6.42 Å². The fourth-order valence-corrected chi connectivity index (χ4v) is 3.15. The van der Waals surface area contributed by atoms with Crippen molar-refractivity contribution in [2.75, 3.05) is 0 Å². The predicted octanol–water partition coefficient (Wildman–Crippen LogP) is 3.39. The second kappa shape index (κ2) is 3.87. The fourth-order valence-electron chi connectivity index (χ4n) is 1.88. The summed E-state index contributed by atoms with van der Waals surface area (Å²) in [6.07, 6.45) is 3.54. The molecule has 1 aliphatic carbocycles. The molecule has 3 heteroatoms. The Bertz CT molecular complexity index is 338. The molecular formula is C10H11BrIN. The number of halogens is 2. The third-order valence-corrected chi connectivity index (χ3v) is 5.12. The predicted molar refractivity (Wildman–Crippen MR) is 66.7 cm³/mol. The number of aryl methyl sites for hydroxylation is 1. The third kappa shape index (κ3) is 1.78. The minimum atomic E-state index is 0.244. The van der Waals surface area contributed by atoms with Crippen LogP contribution in [0.25, 0.3) is 0 Å². The van der Waals surface area contributed by atoms with Gasteiger partial charge in [-0.25, -0.2) is 0 Å². The number of fused-ring (bicyclic) bond motifs is 1. The van der Waals surface area contributed by atoms with Crippen LogP contribution >= 0.6 is 38.5 Å². The number of hydrogen-bond donors (Lipinski definition) is 1. The standard InChI is InChI=1S/C10H11BrIN/c11-7-5-4-6-2-1-3-8(13)9(6)10(7)12/h4-5,8H,1-3,13H2/t8-/m0/s1. The molecule has 0 radical (unpaired) electrons. The third-order valence-electron chi connectivity index (χ3n) is 2.55. The Morgan fingerprint density at radius 2 is 2.23 bits per heavy atom. The summed E-state index contributed by atoms with van der Waals surface area (Å²) in [5, 5.41) is 0. The lowest BCUT2D eigenvalue weighted by atomic mass is 9.88. The molecule has 0 fully saturated rings. The van der Waals surface area contributed by atoms with Crippen molar-refractivity contribution in [3.63, 3.8) is 0 Å². The zero-order valence-electron chi connectivity index (χ0n) is 7.19. The Hall–Kier alpha value is 0.390. The Kier molecular flexibility index (Phi) is 2.95. The topological polar surface area (TPSA) is 26.0 Å². The molecule has 1 aromatic carbocycles. The first kappa shape index (κ1) is 9.93. The van der Waals surface area contributed by atoms with Crippen LogP contribution < -0.4 is 5.73 Å². The van der Waals surface area contributed by atoms with Crippen LogP contribution in [0.15, 0.2) is 16.6 Å². The average Bonchev–Trinajstić information content (AvgIpc) is 2.12. The zero-order chi connectivity index (χ0) is 9.42. The number of benzene rings is 1. The second-order valence-electron chi connectivity index (χ2n) is 3.43. The van der Waals surface area contributed by atoms with Gasteiger partial charge in [0.15, 0.2) is 0 Å². The van der Waals surface area contributed by atoms with E-state index in [1.165, 1.54) is 32.0 Å². The van der Waals surface area contributed by atoms with E-state index in [2.05, 4.69) is 50.7 Å². The van der Waals surface area contributed by atoms with Crippen LogP contribution in [0.4, 0.5) is 0 Å². The van der Waals surface area contributed by atoms with Gasteiger partial charge in [0.05, 0.1) is 0 Å². The maximum absolute atomic E-state index is 6.09. The maximum Gasteiger partial charge on any atom is 0.0323 e. The highest BCUT2D eigenvalue weighted by Crippen LogP contribution is 2.35. The van der Waals surface area contributed by atoms with Crippen LogP contribution in [0.1, 0.15) is 30.0 Å². The van der Waals surface area contributed by atoms with Crippen LogP contribution in [0, 0.1) is 3.57 Å². The van der Waals surface area contributed by atoms with E-state index >= 15 is 0 Å². The average molecular weight is 352 g/mol. The van der Waals surface area contributed by atoms with Crippen LogP contribution in [0.3, 0.4) is 0 Å². The van der Waals surface area contributed by atoms with E-state index < -0.39 is 0 Å². The first-order valence-corrected chi connectivity index (χ1v) is 6.29. The highest BCUT2D eigenvalue weighted by atomic mass is 127. The van der Waals surface area contributed by atoms with Crippen molar-refractivity contribution >= 4 is 38.5 Å². The van der Waals surface area contributed by atoms with Gasteiger partial charge in [-0.15, -0.1) is 0 Å². The van der Waals surface area contributed by atoms with E-state index in [1.807, 2.05) is 0 Å². The molecule has 0 bridgehead atoms. The molecule has 2 N–H and O–H groups in total. The summed E-state index contributed by atoms with van der Waals surface area (Å²) < 4.78 is 2.46. The van der Waals surface area contributed by atoms with Crippen LogP contribution in [-0.4, -0.2) is 0 Å². The smallest absolute Gasteiger partial charge is 0.0323 e. The van der Waals surface area contributed by atoms with E-state index in [0.29, 0.717) is 0 Å². The molecule has 1 aromatic rings. The lowest BCUT2D eigenvalue weighted by Crippen LogP contribution is -2.18. The molecule has 1 aliphatic rings. The van der Waals surface area contributed by atoms with Gasteiger partial charge in [-0.2, -0.15) is 0 Å².